The summed E-state index contributed by atoms with van der Waals surface area (Å²) in [4.78, 5) is 23.8. The highest BCUT2D eigenvalue weighted by molar-refractivity contribution is 6.15. The third kappa shape index (κ3) is 3.05. The molecule has 0 saturated carbocycles. The Morgan fingerprint density at radius 1 is 0.871 bits per heavy atom. The third-order valence-corrected chi connectivity index (χ3v) is 5.78. The van der Waals surface area contributed by atoms with E-state index in [-0.39, 0.29) is 5.90 Å². The van der Waals surface area contributed by atoms with Gasteiger partial charge in [0.05, 0.1) is 0 Å². The maximum atomic E-state index is 13.2. The summed E-state index contributed by atoms with van der Waals surface area (Å²) in [6, 6.07) is 23.4. The molecule has 2 atom stereocenters. The van der Waals surface area contributed by atoms with Crippen molar-refractivity contribution in [1.29, 1.82) is 0 Å². The molecule has 2 aliphatic heterocycles. The Morgan fingerprint density at radius 2 is 1.48 bits per heavy atom. The van der Waals surface area contributed by atoms with E-state index in [0.717, 1.165) is 27.8 Å². The highest BCUT2D eigenvalue weighted by Gasteiger charge is 2.61. The number of hydrogen-bond acceptors (Lipinski definition) is 5. The first-order valence-electron chi connectivity index (χ1n) is 10.3. The van der Waals surface area contributed by atoms with Crippen molar-refractivity contribution in [3.63, 3.8) is 0 Å². The van der Waals surface area contributed by atoms with Crippen LogP contribution in [0.1, 0.15) is 39.3 Å². The third-order valence-electron chi connectivity index (χ3n) is 5.78. The van der Waals surface area contributed by atoms with Gasteiger partial charge < -0.3 is 9.57 Å². The van der Waals surface area contributed by atoms with Crippen molar-refractivity contribution in [2.75, 3.05) is 0 Å². The van der Waals surface area contributed by atoms with Crippen LogP contribution in [-0.4, -0.2) is 23.3 Å². The number of carbonyl (C=O) groups is 1. The van der Waals surface area contributed by atoms with Crippen molar-refractivity contribution in [3.8, 4) is 0 Å². The highest BCUT2D eigenvalue weighted by atomic mass is 16.7. The molecular weight excluding hydrogens is 388 g/mol. The monoisotopic (exact) mass is 410 g/mol. The van der Waals surface area contributed by atoms with Gasteiger partial charge in [-0.3, -0.25) is 0 Å². The predicted octanol–water partition coefficient (Wildman–Crippen LogP) is 4.83. The van der Waals surface area contributed by atoms with Crippen LogP contribution in [-0.2, 0) is 14.4 Å². The van der Waals surface area contributed by atoms with Gasteiger partial charge in [0.2, 0.25) is 5.90 Å². The van der Waals surface area contributed by atoms with Gasteiger partial charge in [-0.1, -0.05) is 71.4 Å². The average molecular weight is 410 g/mol. The summed E-state index contributed by atoms with van der Waals surface area (Å²) in [5.74, 6) is -0.829. The number of aryl methyl sites for hydroxylation is 3. The number of carbonyl (C=O) groups excluding carboxylic acids is 1. The van der Waals surface area contributed by atoms with Crippen molar-refractivity contribution < 1.29 is 14.4 Å². The lowest BCUT2D eigenvalue weighted by atomic mass is 9.80. The maximum absolute atomic E-state index is 13.2. The first-order chi connectivity index (χ1) is 15.0. The summed E-state index contributed by atoms with van der Waals surface area (Å²) in [7, 11) is 0. The summed E-state index contributed by atoms with van der Waals surface area (Å²) in [5, 5.41) is 4.44. The largest absolute Gasteiger partial charge is 0.402 e. The Balaban J connectivity index is 1.69. The number of nitrogens with zero attached hydrogens (tertiary/aromatic N) is 2. The molecule has 1 spiro atoms. The van der Waals surface area contributed by atoms with E-state index in [1.807, 2.05) is 60.7 Å². The molecule has 5 rings (SSSR count). The fourth-order valence-corrected chi connectivity index (χ4v) is 4.54. The van der Waals surface area contributed by atoms with Crippen molar-refractivity contribution >= 4 is 17.6 Å². The highest BCUT2D eigenvalue weighted by Crippen LogP contribution is 2.46. The molecule has 5 nitrogen and oxygen atoms in total. The van der Waals surface area contributed by atoms with Crippen LogP contribution in [0.4, 0.5) is 0 Å². The summed E-state index contributed by atoms with van der Waals surface area (Å²) >= 11 is 0. The molecule has 0 bridgehead atoms. The molecule has 3 aromatic rings. The minimum atomic E-state index is -1.58. The zero-order valence-corrected chi connectivity index (χ0v) is 17.6. The van der Waals surface area contributed by atoms with Gasteiger partial charge in [0.25, 0.3) is 0 Å². The quantitative estimate of drug-likeness (QED) is 0.581. The maximum Gasteiger partial charge on any atom is 0.384 e. The molecule has 0 unspecified atom stereocenters. The zero-order valence-electron chi connectivity index (χ0n) is 17.6. The minimum absolute atomic E-state index is 0.250. The summed E-state index contributed by atoms with van der Waals surface area (Å²) in [6.45, 7) is 6.17. The fraction of sp³-hybridized carbons (Fsp3) is 0.192. The van der Waals surface area contributed by atoms with Gasteiger partial charge in [0.1, 0.15) is 11.6 Å². The van der Waals surface area contributed by atoms with Gasteiger partial charge in [-0.2, -0.15) is 4.99 Å². The second kappa shape index (κ2) is 7.20. The molecule has 0 radical (unpaired) electrons. The van der Waals surface area contributed by atoms with Crippen LogP contribution < -0.4 is 0 Å². The van der Waals surface area contributed by atoms with Gasteiger partial charge in [-0.05, 0) is 49.6 Å². The number of aliphatic imine (C=N–C) groups is 1. The SMILES string of the molecule is Cc1cc(C)c(C2=NO[C@@]3(N=C(c4ccccc4)OC3=O)[C@H]2c2ccccc2)c(C)c1. The van der Waals surface area contributed by atoms with Crippen molar-refractivity contribution in [2.24, 2.45) is 10.1 Å². The molecule has 31 heavy (non-hydrogen) atoms. The first kappa shape index (κ1) is 19.2. The van der Waals surface area contributed by atoms with Crippen LogP contribution in [0.5, 0.6) is 0 Å². The standard InChI is InChI=1S/C26H22N2O3/c1-16-14-17(2)21(18(3)15-16)23-22(19-10-6-4-7-11-19)26(31-28-23)25(29)30-24(27-26)20-12-8-5-9-13-20/h4-15,22H,1-3H3/t22-,26-/m0/s1. The van der Waals surface area contributed by atoms with Crippen LogP contribution in [0.2, 0.25) is 0 Å². The number of ether oxygens (including phenoxy) is 1. The Labute approximate surface area is 181 Å². The topological polar surface area (TPSA) is 60.3 Å². The number of oxime groups is 1. The summed E-state index contributed by atoms with van der Waals surface area (Å²) < 4.78 is 5.61. The van der Waals surface area contributed by atoms with Crippen molar-refractivity contribution in [2.45, 2.75) is 32.4 Å². The Kier molecular flexibility index (Phi) is 4.47. The second-order valence-corrected chi connectivity index (χ2v) is 8.05. The Bertz CT molecular complexity index is 1210. The molecule has 0 N–H and O–H groups in total. The number of cyclic esters (lactones) is 1. The molecule has 5 heteroatoms. The summed E-state index contributed by atoms with van der Waals surface area (Å²) in [5.41, 5.74) is 5.05. The summed E-state index contributed by atoms with van der Waals surface area (Å²) in [6.07, 6.45) is 0. The molecule has 0 aliphatic carbocycles. The van der Waals surface area contributed by atoms with Crippen LogP contribution in [0, 0.1) is 20.8 Å². The number of benzene rings is 3. The molecule has 0 fully saturated rings. The lowest BCUT2D eigenvalue weighted by molar-refractivity contribution is -0.156. The second-order valence-electron chi connectivity index (χ2n) is 8.05. The van der Waals surface area contributed by atoms with E-state index in [9.17, 15) is 4.79 Å². The van der Waals surface area contributed by atoms with Gasteiger partial charge in [0, 0.05) is 11.1 Å². The number of rotatable bonds is 3. The molecular formula is C26H22N2O3. The van der Waals surface area contributed by atoms with E-state index in [1.54, 1.807) is 0 Å². The van der Waals surface area contributed by atoms with Crippen LogP contribution >= 0.6 is 0 Å². The van der Waals surface area contributed by atoms with Gasteiger partial charge in [-0.25, -0.2) is 4.79 Å². The molecule has 2 heterocycles. The Hall–Kier alpha value is -3.73. The van der Waals surface area contributed by atoms with Crippen molar-refractivity contribution in [1.82, 2.24) is 0 Å². The smallest absolute Gasteiger partial charge is 0.384 e. The van der Waals surface area contributed by atoms with Gasteiger partial charge in [0.15, 0.2) is 0 Å². The first-order valence-corrected chi connectivity index (χ1v) is 10.3. The lowest BCUT2D eigenvalue weighted by Gasteiger charge is -2.24. The van der Waals surface area contributed by atoms with E-state index in [4.69, 9.17) is 9.57 Å². The van der Waals surface area contributed by atoms with Crippen LogP contribution in [0.3, 0.4) is 0 Å². The van der Waals surface area contributed by atoms with Gasteiger partial charge >= 0.3 is 11.7 Å². The molecule has 0 saturated heterocycles. The fourth-order valence-electron chi connectivity index (χ4n) is 4.54. The van der Waals surface area contributed by atoms with Crippen LogP contribution in [0.15, 0.2) is 82.9 Å². The molecule has 154 valence electrons. The van der Waals surface area contributed by atoms with Gasteiger partial charge in [-0.15, -0.1) is 0 Å². The molecule has 2 aliphatic rings. The molecule has 3 aromatic carbocycles. The van der Waals surface area contributed by atoms with Crippen LogP contribution in [0.25, 0.3) is 0 Å². The van der Waals surface area contributed by atoms with Crippen molar-refractivity contribution in [3.05, 3.63) is 106 Å². The molecule has 0 aromatic heterocycles. The number of esters is 1. The Morgan fingerprint density at radius 3 is 2.13 bits per heavy atom. The normalized spacial score (nSPS) is 22.2. The molecule has 0 amide bonds. The number of hydrogen-bond donors (Lipinski definition) is 0. The lowest BCUT2D eigenvalue weighted by Crippen LogP contribution is -2.41. The average Bonchev–Trinajstić information content (AvgIpc) is 3.30. The zero-order chi connectivity index (χ0) is 21.6. The minimum Gasteiger partial charge on any atom is -0.402 e. The van der Waals surface area contributed by atoms with E-state index >= 15 is 0 Å². The van der Waals surface area contributed by atoms with E-state index < -0.39 is 17.6 Å². The van der Waals surface area contributed by atoms with E-state index in [2.05, 4.69) is 43.1 Å². The van der Waals surface area contributed by atoms with E-state index in [0.29, 0.717) is 5.71 Å². The predicted molar refractivity (Wildman–Crippen MR) is 119 cm³/mol. The van der Waals surface area contributed by atoms with E-state index in [1.165, 1.54) is 5.56 Å².